The van der Waals surface area contributed by atoms with Crippen molar-refractivity contribution in [1.82, 2.24) is 0 Å². The number of hydrogen-bond acceptors (Lipinski definition) is 3. The molecule has 1 saturated heterocycles. The number of benzene rings is 2. The van der Waals surface area contributed by atoms with Gasteiger partial charge in [-0.15, -0.1) is 0 Å². The second-order valence-corrected chi connectivity index (χ2v) is 6.48. The largest absolute Gasteiger partial charge is 0.490 e. The molecule has 2 aromatic rings. The third-order valence-electron chi connectivity index (χ3n) is 4.78. The molecular weight excluding hydrogens is 326 g/mol. The van der Waals surface area contributed by atoms with Gasteiger partial charge in [0.15, 0.2) is 11.6 Å². The van der Waals surface area contributed by atoms with Crippen molar-refractivity contribution in [1.29, 1.82) is 0 Å². The normalized spacial score (nSPS) is 17.4. The number of rotatable bonds is 4. The van der Waals surface area contributed by atoms with E-state index >= 15 is 0 Å². The van der Waals surface area contributed by atoms with Crippen LogP contribution in [-0.2, 0) is 17.6 Å². The van der Waals surface area contributed by atoms with Crippen LogP contribution >= 0.6 is 0 Å². The van der Waals surface area contributed by atoms with E-state index in [1.807, 2.05) is 0 Å². The van der Waals surface area contributed by atoms with Crippen molar-refractivity contribution < 1.29 is 23.0 Å². The average Bonchev–Trinajstić information content (AvgIpc) is 3.12. The fraction of sp³-hybridized carbons (Fsp3) is 0.400. The van der Waals surface area contributed by atoms with E-state index in [4.69, 9.17) is 14.2 Å². The Hall–Kier alpha value is -2.14. The highest BCUT2D eigenvalue weighted by atomic mass is 19.1. The van der Waals surface area contributed by atoms with Gasteiger partial charge in [-0.05, 0) is 49.1 Å². The molecule has 1 aliphatic heterocycles. The van der Waals surface area contributed by atoms with Gasteiger partial charge in [0.25, 0.3) is 0 Å². The predicted octanol–water partition coefficient (Wildman–Crippen LogP) is 4.80. The molecule has 0 N–H and O–H groups in total. The van der Waals surface area contributed by atoms with Crippen molar-refractivity contribution in [2.45, 2.75) is 38.2 Å². The summed E-state index contributed by atoms with van der Waals surface area (Å²) in [5.41, 5.74) is 1.53. The average molecular weight is 346 g/mol. The molecule has 0 bridgehead atoms. The zero-order valence-electron chi connectivity index (χ0n) is 13.9. The first-order chi connectivity index (χ1) is 12.2. The maximum Gasteiger partial charge on any atom is 0.166 e. The van der Waals surface area contributed by atoms with Gasteiger partial charge in [-0.25, -0.2) is 8.78 Å². The summed E-state index contributed by atoms with van der Waals surface area (Å²) in [6.45, 7) is 1.36. The first-order valence-corrected chi connectivity index (χ1v) is 8.73. The molecule has 132 valence electrons. The third kappa shape index (κ3) is 3.47. The molecule has 0 radical (unpaired) electrons. The van der Waals surface area contributed by atoms with E-state index in [0.717, 1.165) is 31.2 Å². The molecule has 25 heavy (non-hydrogen) atoms. The Kier molecular flexibility index (Phi) is 4.57. The van der Waals surface area contributed by atoms with E-state index in [9.17, 15) is 8.78 Å². The van der Waals surface area contributed by atoms with Crippen LogP contribution in [0.15, 0.2) is 30.3 Å². The molecule has 0 atom stereocenters. The molecule has 0 unspecified atom stereocenters. The third-order valence-corrected chi connectivity index (χ3v) is 4.78. The summed E-state index contributed by atoms with van der Waals surface area (Å²) >= 11 is 0. The minimum Gasteiger partial charge on any atom is -0.490 e. The van der Waals surface area contributed by atoms with Crippen molar-refractivity contribution in [2.75, 3.05) is 13.2 Å². The van der Waals surface area contributed by atoms with Gasteiger partial charge >= 0.3 is 0 Å². The Bertz CT molecular complexity index is 770. The Balaban J connectivity index is 1.56. The quantitative estimate of drug-likeness (QED) is 0.796. The summed E-state index contributed by atoms with van der Waals surface area (Å²) in [4.78, 5) is 0. The molecule has 2 aromatic carbocycles. The fourth-order valence-electron chi connectivity index (χ4n) is 3.46. The fourth-order valence-corrected chi connectivity index (χ4v) is 3.46. The zero-order chi connectivity index (χ0) is 17.2. The summed E-state index contributed by atoms with van der Waals surface area (Å²) in [6.07, 6.45) is 4.05. The van der Waals surface area contributed by atoms with Gasteiger partial charge in [0, 0.05) is 24.5 Å². The summed E-state index contributed by atoms with van der Waals surface area (Å²) in [5.74, 6) is 0.524. The van der Waals surface area contributed by atoms with Crippen LogP contribution in [-0.4, -0.2) is 19.3 Å². The maximum atomic E-state index is 14.2. The van der Waals surface area contributed by atoms with Crippen LogP contribution in [0.2, 0.25) is 0 Å². The first kappa shape index (κ1) is 16.3. The van der Waals surface area contributed by atoms with Gasteiger partial charge in [-0.1, -0.05) is 0 Å². The zero-order valence-corrected chi connectivity index (χ0v) is 13.9. The van der Waals surface area contributed by atoms with E-state index in [-0.39, 0.29) is 17.7 Å². The molecule has 2 aliphatic rings. The molecule has 4 rings (SSSR count). The van der Waals surface area contributed by atoms with Gasteiger partial charge in [0.2, 0.25) is 0 Å². The van der Waals surface area contributed by atoms with Gasteiger partial charge in [-0.3, -0.25) is 0 Å². The van der Waals surface area contributed by atoms with Crippen molar-refractivity contribution in [3.05, 3.63) is 53.1 Å². The van der Waals surface area contributed by atoms with Crippen LogP contribution < -0.4 is 9.47 Å². The molecule has 0 spiro atoms. The summed E-state index contributed by atoms with van der Waals surface area (Å²) in [7, 11) is 0. The number of ether oxygens (including phenoxy) is 3. The molecule has 1 heterocycles. The Morgan fingerprint density at radius 2 is 1.64 bits per heavy atom. The van der Waals surface area contributed by atoms with E-state index in [0.29, 0.717) is 36.7 Å². The molecule has 5 heteroatoms. The van der Waals surface area contributed by atoms with Gasteiger partial charge in [-0.2, -0.15) is 0 Å². The molecule has 0 aromatic heterocycles. The SMILES string of the molecule is Fc1ccc(OC2CCOCC2)cc1Oc1ccc(F)c2c1CCC2. The Labute approximate surface area is 145 Å². The lowest BCUT2D eigenvalue weighted by Gasteiger charge is -2.23. The molecule has 0 saturated carbocycles. The van der Waals surface area contributed by atoms with Crippen LogP contribution in [0, 0.1) is 11.6 Å². The number of fused-ring (bicyclic) bond motifs is 1. The van der Waals surface area contributed by atoms with Gasteiger partial charge in [0.05, 0.1) is 13.2 Å². The molecule has 1 aliphatic carbocycles. The lowest BCUT2D eigenvalue weighted by molar-refractivity contribution is 0.0255. The smallest absolute Gasteiger partial charge is 0.166 e. The Morgan fingerprint density at radius 3 is 2.48 bits per heavy atom. The highest BCUT2D eigenvalue weighted by Gasteiger charge is 2.21. The molecule has 0 amide bonds. The van der Waals surface area contributed by atoms with Crippen LogP contribution in [0.1, 0.15) is 30.4 Å². The van der Waals surface area contributed by atoms with Crippen LogP contribution in [0.25, 0.3) is 0 Å². The highest BCUT2D eigenvalue weighted by molar-refractivity contribution is 5.47. The van der Waals surface area contributed by atoms with Crippen molar-refractivity contribution in [2.24, 2.45) is 0 Å². The number of halogens is 2. The standard InChI is InChI=1S/C20H20F2O3/c21-17-6-7-19(16-3-1-2-15(16)17)25-20-12-14(4-5-18(20)22)24-13-8-10-23-11-9-13/h4-7,12-13H,1-3,8-11H2. The van der Waals surface area contributed by atoms with E-state index in [1.54, 1.807) is 18.2 Å². The van der Waals surface area contributed by atoms with Crippen molar-refractivity contribution in [3.63, 3.8) is 0 Å². The van der Waals surface area contributed by atoms with Crippen LogP contribution in [0.3, 0.4) is 0 Å². The monoisotopic (exact) mass is 346 g/mol. The second-order valence-electron chi connectivity index (χ2n) is 6.48. The topological polar surface area (TPSA) is 27.7 Å². The predicted molar refractivity (Wildman–Crippen MR) is 89.4 cm³/mol. The van der Waals surface area contributed by atoms with E-state index in [1.165, 1.54) is 12.1 Å². The van der Waals surface area contributed by atoms with Crippen LogP contribution in [0.4, 0.5) is 8.78 Å². The maximum absolute atomic E-state index is 14.2. The summed E-state index contributed by atoms with van der Waals surface area (Å²) in [6, 6.07) is 7.47. The van der Waals surface area contributed by atoms with Gasteiger partial charge in [0.1, 0.15) is 23.4 Å². The van der Waals surface area contributed by atoms with E-state index in [2.05, 4.69) is 0 Å². The Morgan fingerprint density at radius 1 is 0.880 bits per heavy atom. The van der Waals surface area contributed by atoms with Crippen molar-refractivity contribution >= 4 is 0 Å². The lowest BCUT2D eigenvalue weighted by atomic mass is 10.1. The summed E-state index contributed by atoms with van der Waals surface area (Å²) < 4.78 is 45.1. The second kappa shape index (κ2) is 7.00. The molecular formula is C20H20F2O3. The highest BCUT2D eigenvalue weighted by Crippen LogP contribution is 2.37. The first-order valence-electron chi connectivity index (χ1n) is 8.73. The molecule has 1 fully saturated rings. The van der Waals surface area contributed by atoms with Crippen molar-refractivity contribution in [3.8, 4) is 17.2 Å². The summed E-state index contributed by atoms with van der Waals surface area (Å²) in [5, 5.41) is 0. The van der Waals surface area contributed by atoms with Gasteiger partial charge < -0.3 is 14.2 Å². The minimum atomic E-state index is -0.463. The number of hydrogen-bond donors (Lipinski definition) is 0. The van der Waals surface area contributed by atoms with E-state index < -0.39 is 5.82 Å². The van der Waals surface area contributed by atoms with Crippen LogP contribution in [0.5, 0.6) is 17.2 Å². The minimum absolute atomic E-state index is 0.0714. The molecule has 3 nitrogen and oxygen atoms in total. The lowest BCUT2D eigenvalue weighted by Crippen LogP contribution is -2.25.